The number of fused-ring (bicyclic) bond motifs is 1. The van der Waals surface area contributed by atoms with Gasteiger partial charge >= 0.3 is 0 Å². The Morgan fingerprint density at radius 3 is 1.16 bits per heavy atom. The third-order valence-electron chi connectivity index (χ3n) is 11.4. The summed E-state index contributed by atoms with van der Waals surface area (Å²) >= 11 is 0. The standard InChI is InChI=1S/C48H83N/c1-6-8-10-12-14-16-18-20-22-24-26-28-30-32-34-41-48(5,49-46-38-36-37-45-40-39-43(3)44(4)47(45)46)42-35-33-31-29-27-25-23-21-19-17-15-13-11-9-7-2/h36-40,49H,3-4,6-35,41-42H2,1-2,5H3. The second-order valence-electron chi connectivity index (χ2n) is 16.2. The molecule has 49 heavy (non-hydrogen) atoms. The van der Waals surface area contributed by atoms with Gasteiger partial charge in [0.05, 0.1) is 0 Å². The lowest BCUT2D eigenvalue weighted by molar-refractivity contribution is 0.392. The Kier molecular flexibility index (Phi) is 25.6. The Bertz CT molecular complexity index is 1110. The van der Waals surface area contributed by atoms with E-state index in [0.717, 1.165) is 10.4 Å². The number of nitrogens with one attached hydrogen (secondary N) is 1. The van der Waals surface area contributed by atoms with E-state index in [1.807, 2.05) is 0 Å². The van der Waals surface area contributed by atoms with Gasteiger partial charge < -0.3 is 5.32 Å². The Labute approximate surface area is 306 Å². The fourth-order valence-corrected chi connectivity index (χ4v) is 7.95. The van der Waals surface area contributed by atoms with E-state index in [1.165, 1.54) is 222 Å². The van der Waals surface area contributed by atoms with E-state index in [-0.39, 0.29) is 5.54 Å². The molecule has 0 heterocycles. The fourth-order valence-electron chi connectivity index (χ4n) is 7.95. The molecular formula is C48H83N. The average Bonchev–Trinajstić information content (AvgIpc) is 3.10. The van der Waals surface area contributed by atoms with Gasteiger partial charge in [-0.25, -0.2) is 0 Å². The highest BCUT2D eigenvalue weighted by Crippen LogP contribution is 2.30. The summed E-state index contributed by atoms with van der Waals surface area (Å²) in [5.41, 5.74) is 1.36. The molecule has 0 saturated carbocycles. The SMILES string of the molecule is C=c1ccc2cccc(NC(C)(CCCCCCCCCCCCCCCCC)CCCCCCCCCCCCCCCCC)c2c1=C. The van der Waals surface area contributed by atoms with Gasteiger partial charge in [-0.3, -0.25) is 0 Å². The van der Waals surface area contributed by atoms with E-state index in [1.54, 1.807) is 0 Å². The van der Waals surface area contributed by atoms with E-state index >= 15 is 0 Å². The molecule has 280 valence electrons. The Morgan fingerprint density at radius 2 is 0.796 bits per heavy atom. The summed E-state index contributed by atoms with van der Waals surface area (Å²) in [6, 6.07) is 11.0. The molecule has 2 rings (SSSR count). The van der Waals surface area contributed by atoms with Gasteiger partial charge in [-0.15, -0.1) is 0 Å². The largest absolute Gasteiger partial charge is 0.379 e. The van der Waals surface area contributed by atoms with Gasteiger partial charge in [0.15, 0.2) is 0 Å². The second-order valence-corrected chi connectivity index (χ2v) is 16.2. The Hall–Kier alpha value is -1.76. The van der Waals surface area contributed by atoms with Gasteiger partial charge in [0, 0.05) is 16.6 Å². The van der Waals surface area contributed by atoms with Crippen LogP contribution in [-0.2, 0) is 0 Å². The fraction of sp³-hybridized carbons (Fsp3) is 0.750. The zero-order valence-electron chi connectivity index (χ0n) is 33.4. The molecule has 0 amide bonds. The number of hydrogen-bond donors (Lipinski definition) is 1. The van der Waals surface area contributed by atoms with Crippen molar-refractivity contribution in [2.45, 2.75) is 232 Å². The third kappa shape index (κ3) is 20.6. The molecule has 0 aliphatic heterocycles. The number of unbranched alkanes of at least 4 members (excludes halogenated alkanes) is 28. The lowest BCUT2D eigenvalue weighted by atomic mass is 9.87. The summed E-state index contributed by atoms with van der Waals surface area (Å²) in [4.78, 5) is 0. The molecule has 0 fully saturated rings. The van der Waals surface area contributed by atoms with E-state index in [9.17, 15) is 0 Å². The monoisotopic (exact) mass is 674 g/mol. The molecule has 0 spiro atoms. The predicted octanol–water partition coefficient (Wildman–Crippen LogP) is 15.4. The molecular weight excluding hydrogens is 591 g/mol. The summed E-state index contributed by atoms with van der Waals surface area (Å²) in [6.07, 6.45) is 45.2. The van der Waals surface area contributed by atoms with Crippen molar-refractivity contribution in [2.24, 2.45) is 0 Å². The first kappa shape index (κ1) is 43.4. The first-order chi connectivity index (χ1) is 24.0. The van der Waals surface area contributed by atoms with Gasteiger partial charge in [-0.2, -0.15) is 0 Å². The molecule has 0 saturated heterocycles. The van der Waals surface area contributed by atoms with E-state index in [2.05, 4.69) is 69.6 Å². The van der Waals surface area contributed by atoms with E-state index in [0.29, 0.717) is 0 Å². The van der Waals surface area contributed by atoms with Crippen LogP contribution in [0.2, 0.25) is 0 Å². The van der Waals surface area contributed by atoms with Crippen LogP contribution in [0, 0.1) is 0 Å². The molecule has 0 unspecified atom stereocenters. The van der Waals surface area contributed by atoms with Gasteiger partial charge in [0.25, 0.3) is 0 Å². The molecule has 2 aromatic carbocycles. The minimum atomic E-state index is 0.116. The summed E-state index contributed by atoms with van der Waals surface area (Å²) in [5, 5.41) is 8.73. The average molecular weight is 674 g/mol. The number of rotatable bonds is 34. The summed E-state index contributed by atoms with van der Waals surface area (Å²) in [6.45, 7) is 15.8. The lowest BCUT2D eigenvalue weighted by Gasteiger charge is -2.33. The molecule has 0 aliphatic carbocycles. The smallest absolute Gasteiger partial charge is 0.0430 e. The highest BCUT2D eigenvalue weighted by Gasteiger charge is 2.24. The van der Waals surface area contributed by atoms with Crippen LogP contribution in [0.25, 0.3) is 23.9 Å². The minimum Gasteiger partial charge on any atom is -0.379 e. The van der Waals surface area contributed by atoms with Crippen LogP contribution in [0.5, 0.6) is 0 Å². The normalized spacial score (nSPS) is 11.9. The maximum absolute atomic E-state index is 4.43. The quantitative estimate of drug-likeness (QED) is 0.0729. The van der Waals surface area contributed by atoms with Crippen LogP contribution in [0.4, 0.5) is 5.69 Å². The van der Waals surface area contributed by atoms with Crippen molar-refractivity contribution in [3.05, 3.63) is 40.8 Å². The number of hydrogen-bond acceptors (Lipinski definition) is 1. The van der Waals surface area contributed by atoms with Gasteiger partial charge in [-0.05, 0) is 41.7 Å². The van der Waals surface area contributed by atoms with Crippen LogP contribution in [0.1, 0.15) is 226 Å². The maximum Gasteiger partial charge on any atom is 0.0430 e. The van der Waals surface area contributed by atoms with Crippen molar-refractivity contribution in [3.63, 3.8) is 0 Å². The highest BCUT2D eigenvalue weighted by atomic mass is 15.0. The molecule has 1 heteroatoms. The molecule has 0 aromatic heterocycles. The maximum atomic E-state index is 4.43. The Balaban J connectivity index is 1.69. The number of anilines is 1. The van der Waals surface area contributed by atoms with Crippen molar-refractivity contribution >= 4 is 29.6 Å². The van der Waals surface area contributed by atoms with Crippen molar-refractivity contribution in [2.75, 3.05) is 5.32 Å². The molecule has 0 radical (unpaired) electrons. The first-order valence-electron chi connectivity index (χ1n) is 22.0. The van der Waals surface area contributed by atoms with Gasteiger partial charge in [0.2, 0.25) is 0 Å². The zero-order chi connectivity index (χ0) is 35.3. The van der Waals surface area contributed by atoms with Crippen LogP contribution >= 0.6 is 0 Å². The van der Waals surface area contributed by atoms with E-state index < -0.39 is 0 Å². The number of benzene rings is 2. The lowest BCUT2D eigenvalue weighted by Crippen LogP contribution is -2.35. The molecule has 0 bridgehead atoms. The predicted molar refractivity (Wildman–Crippen MR) is 225 cm³/mol. The van der Waals surface area contributed by atoms with Crippen molar-refractivity contribution in [1.29, 1.82) is 0 Å². The van der Waals surface area contributed by atoms with Crippen LogP contribution in [-0.4, -0.2) is 5.54 Å². The summed E-state index contributed by atoms with van der Waals surface area (Å²) < 4.78 is 0. The molecule has 0 aliphatic rings. The highest BCUT2D eigenvalue weighted by molar-refractivity contribution is 5.94. The van der Waals surface area contributed by atoms with Gasteiger partial charge in [-0.1, -0.05) is 244 Å². The molecule has 0 atom stereocenters. The van der Waals surface area contributed by atoms with E-state index in [4.69, 9.17) is 0 Å². The third-order valence-corrected chi connectivity index (χ3v) is 11.4. The van der Waals surface area contributed by atoms with Crippen molar-refractivity contribution < 1.29 is 0 Å². The summed E-state index contributed by atoms with van der Waals surface area (Å²) in [5.74, 6) is 0. The first-order valence-corrected chi connectivity index (χ1v) is 22.0. The van der Waals surface area contributed by atoms with Crippen LogP contribution in [0.3, 0.4) is 0 Å². The van der Waals surface area contributed by atoms with Gasteiger partial charge in [0.1, 0.15) is 0 Å². The van der Waals surface area contributed by atoms with Crippen LogP contribution in [0.15, 0.2) is 30.3 Å². The zero-order valence-corrected chi connectivity index (χ0v) is 33.4. The van der Waals surface area contributed by atoms with Crippen LogP contribution < -0.4 is 15.8 Å². The molecule has 2 aromatic rings. The summed E-state index contributed by atoms with van der Waals surface area (Å²) in [7, 11) is 0. The minimum absolute atomic E-state index is 0.116. The molecule has 1 N–H and O–H groups in total. The Morgan fingerprint density at radius 1 is 0.449 bits per heavy atom. The van der Waals surface area contributed by atoms with Crippen molar-refractivity contribution in [3.8, 4) is 0 Å². The second kappa shape index (κ2) is 28.9. The van der Waals surface area contributed by atoms with Crippen molar-refractivity contribution in [1.82, 2.24) is 0 Å². The molecule has 1 nitrogen and oxygen atoms in total. The topological polar surface area (TPSA) is 12.0 Å².